The molecule has 24 heavy (non-hydrogen) atoms. The van der Waals surface area contributed by atoms with Gasteiger partial charge in [-0.25, -0.2) is 0 Å². The summed E-state index contributed by atoms with van der Waals surface area (Å²) < 4.78 is 5.44. The number of nitrogens with one attached hydrogen (secondary N) is 1. The van der Waals surface area contributed by atoms with Gasteiger partial charge in [-0.2, -0.15) is 4.98 Å². The van der Waals surface area contributed by atoms with Gasteiger partial charge < -0.3 is 14.7 Å². The molecule has 1 aromatic rings. The Morgan fingerprint density at radius 2 is 2.04 bits per heavy atom. The van der Waals surface area contributed by atoms with Gasteiger partial charge in [0.25, 0.3) is 0 Å². The molecule has 6 nitrogen and oxygen atoms in total. The fourth-order valence-corrected chi connectivity index (χ4v) is 3.29. The lowest BCUT2D eigenvalue weighted by molar-refractivity contribution is -0.134. The van der Waals surface area contributed by atoms with E-state index in [2.05, 4.69) is 55.0 Å². The third kappa shape index (κ3) is 3.79. The standard InChI is InChI=1S/C18H30N4O2/c1-11-10-22(16(23)13-6-7-13)9-8-14(11)19-12(2)15-20-17(21-24-15)18(3,4)5/h11-14,19H,6-10H2,1-5H3/t11-,12-,14-/m0/s1. The van der Waals surface area contributed by atoms with Gasteiger partial charge in [-0.3, -0.25) is 4.79 Å². The highest BCUT2D eigenvalue weighted by Gasteiger charge is 2.37. The van der Waals surface area contributed by atoms with Gasteiger partial charge in [0.05, 0.1) is 6.04 Å². The largest absolute Gasteiger partial charge is 0.342 e. The SMILES string of the molecule is C[C@H](N[C@H]1CCN(C(=O)C2CC2)C[C@@H]1C)c1nc(C(C)(C)C)no1. The lowest BCUT2D eigenvalue weighted by Crippen LogP contribution is -2.51. The highest BCUT2D eigenvalue weighted by Crippen LogP contribution is 2.32. The summed E-state index contributed by atoms with van der Waals surface area (Å²) in [6.45, 7) is 12.2. The minimum atomic E-state index is -0.108. The number of carbonyl (C=O) groups is 1. The van der Waals surface area contributed by atoms with Gasteiger partial charge in [-0.05, 0) is 32.1 Å². The predicted molar refractivity (Wildman–Crippen MR) is 91.4 cm³/mol. The summed E-state index contributed by atoms with van der Waals surface area (Å²) >= 11 is 0. The fourth-order valence-electron chi connectivity index (χ4n) is 3.29. The van der Waals surface area contributed by atoms with E-state index in [1.165, 1.54) is 0 Å². The highest BCUT2D eigenvalue weighted by atomic mass is 16.5. The summed E-state index contributed by atoms with van der Waals surface area (Å²) in [5.41, 5.74) is -0.108. The average molecular weight is 334 g/mol. The van der Waals surface area contributed by atoms with Crippen LogP contribution in [-0.4, -0.2) is 40.1 Å². The summed E-state index contributed by atoms with van der Waals surface area (Å²) in [5.74, 6) is 2.48. The molecule has 1 amide bonds. The molecule has 1 saturated heterocycles. The van der Waals surface area contributed by atoms with E-state index in [9.17, 15) is 4.79 Å². The second-order valence-electron chi connectivity index (χ2n) is 8.53. The normalized spacial score (nSPS) is 26.5. The van der Waals surface area contributed by atoms with Crippen molar-refractivity contribution in [3.05, 3.63) is 11.7 Å². The average Bonchev–Trinajstić information content (AvgIpc) is 3.23. The van der Waals surface area contributed by atoms with Crippen LogP contribution in [0.3, 0.4) is 0 Å². The topological polar surface area (TPSA) is 71.3 Å². The summed E-state index contributed by atoms with van der Waals surface area (Å²) in [6, 6.07) is 0.389. The van der Waals surface area contributed by atoms with Crippen LogP contribution in [0.4, 0.5) is 0 Å². The van der Waals surface area contributed by atoms with Crippen molar-refractivity contribution in [3.63, 3.8) is 0 Å². The van der Waals surface area contributed by atoms with Crippen LogP contribution < -0.4 is 5.32 Å². The van der Waals surface area contributed by atoms with E-state index in [-0.39, 0.29) is 11.5 Å². The number of piperidine rings is 1. The van der Waals surface area contributed by atoms with E-state index in [1.807, 2.05) is 0 Å². The van der Waals surface area contributed by atoms with Crippen molar-refractivity contribution in [2.24, 2.45) is 11.8 Å². The van der Waals surface area contributed by atoms with E-state index in [0.29, 0.717) is 29.7 Å². The molecule has 1 N–H and O–H groups in total. The summed E-state index contributed by atoms with van der Waals surface area (Å²) in [5, 5.41) is 7.72. The third-order valence-corrected chi connectivity index (χ3v) is 5.09. The van der Waals surface area contributed by atoms with Gasteiger partial charge in [0, 0.05) is 30.5 Å². The van der Waals surface area contributed by atoms with Crippen LogP contribution in [-0.2, 0) is 10.2 Å². The lowest BCUT2D eigenvalue weighted by Gasteiger charge is -2.38. The molecule has 134 valence electrons. The molecule has 6 heteroatoms. The lowest BCUT2D eigenvalue weighted by atomic mass is 9.92. The van der Waals surface area contributed by atoms with Crippen LogP contribution >= 0.6 is 0 Å². The van der Waals surface area contributed by atoms with Crippen LogP contribution in [0.2, 0.25) is 0 Å². The molecule has 0 radical (unpaired) electrons. The first-order valence-corrected chi connectivity index (χ1v) is 9.14. The molecule has 2 aliphatic rings. The molecule has 1 aliphatic heterocycles. The highest BCUT2D eigenvalue weighted by molar-refractivity contribution is 5.81. The van der Waals surface area contributed by atoms with Crippen molar-refractivity contribution in [1.29, 1.82) is 0 Å². The van der Waals surface area contributed by atoms with Crippen molar-refractivity contribution < 1.29 is 9.32 Å². The number of rotatable bonds is 4. The van der Waals surface area contributed by atoms with Crippen LogP contribution in [0.25, 0.3) is 0 Å². The maximum atomic E-state index is 12.2. The molecule has 1 aliphatic carbocycles. The maximum Gasteiger partial charge on any atom is 0.243 e. The number of carbonyl (C=O) groups excluding carboxylic acids is 1. The van der Waals surface area contributed by atoms with E-state index in [4.69, 9.17) is 4.52 Å². The first-order valence-electron chi connectivity index (χ1n) is 9.14. The van der Waals surface area contributed by atoms with Crippen molar-refractivity contribution in [3.8, 4) is 0 Å². The quantitative estimate of drug-likeness (QED) is 0.916. The molecule has 0 unspecified atom stereocenters. The van der Waals surface area contributed by atoms with Gasteiger partial charge >= 0.3 is 0 Å². The van der Waals surface area contributed by atoms with Crippen LogP contribution in [0, 0.1) is 11.8 Å². The molecular formula is C18H30N4O2. The van der Waals surface area contributed by atoms with Gasteiger partial charge in [-0.15, -0.1) is 0 Å². The number of likely N-dealkylation sites (tertiary alicyclic amines) is 1. The number of amides is 1. The van der Waals surface area contributed by atoms with Crippen LogP contribution in [0.5, 0.6) is 0 Å². The Morgan fingerprint density at radius 1 is 1.33 bits per heavy atom. The molecule has 2 fully saturated rings. The monoisotopic (exact) mass is 334 g/mol. The van der Waals surface area contributed by atoms with Gasteiger partial charge in [0.2, 0.25) is 11.8 Å². The summed E-state index contributed by atoms with van der Waals surface area (Å²) in [4.78, 5) is 18.8. The molecule has 1 saturated carbocycles. The van der Waals surface area contributed by atoms with E-state index in [1.54, 1.807) is 0 Å². The third-order valence-electron chi connectivity index (χ3n) is 5.09. The maximum absolute atomic E-state index is 12.2. The zero-order valence-corrected chi connectivity index (χ0v) is 15.5. The second kappa shape index (κ2) is 6.47. The Labute approximate surface area is 144 Å². The second-order valence-corrected chi connectivity index (χ2v) is 8.53. The van der Waals surface area contributed by atoms with Crippen molar-refractivity contribution in [1.82, 2.24) is 20.4 Å². The fraction of sp³-hybridized carbons (Fsp3) is 0.833. The number of hydrogen-bond acceptors (Lipinski definition) is 5. The Morgan fingerprint density at radius 3 is 2.58 bits per heavy atom. The molecule has 0 aromatic carbocycles. The number of nitrogens with zero attached hydrogens (tertiary/aromatic N) is 3. The molecule has 1 aromatic heterocycles. The molecule has 3 rings (SSSR count). The smallest absolute Gasteiger partial charge is 0.243 e. The van der Waals surface area contributed by atoms with Gasteiger partial charge in [-0.1, -0.05) is 32.9 Å². The molecule has 0 bridgehead atoms. The summed E-state index contributed by atoms with van der Waals surface area (Å²) in [6.07, 6.45) is 3.13. The van der Waals surface area contributed by atoms with E-state index >= 15 is 0 Å². The van der Waals surface area contributed by atoms with Gasteiger partial charge in [0.15, 0.2) is 5.82 Å². The minimum absolute atomic E-state index is 0.0201. The van der Waals surface area contributed by atoms with Gasteiger partial charge in [0.1, 0.15) is 0 Å². The first-order chi connectivity index (χ1) is 11.3. The number of aromatic nitrogens is 2. The first kappa shape index (κ1) is 17.4. The zero-order valence-electron chi connectivity index (χ0n) is 15.5. The molecular weight excluding hydrogens is 304 g/mol. The minimum Gasteiger partial charge on any atom is -0.342 e. The molecule has 0 spiro atoms. The van der Waals surface area contributed by atoms with Crippen LogP contribution in [0.1, 0.15) is 71.6 Å². The molecule has 2 heterocycles. The Kier molecular flexibility index (Phi) is 4.69. The zero-order chi connectivity index (χ0) is 17.5. The predicted octanol–water partition coefficient (Wildman–Crippen LogP) is 2.66. The van der Waals surface area contributed by atoms with E-state index in [0.717, 1.165) is 38.2 Å². The Bertz CT molecular complexity index is 588. The number of hydrogen-bond donors (Lipinski definition) is 1. The summed E-state index contributed by atoms with van der Waals surface area (Å²) in [7, 11) is 0. The Balaban J connectivity index is 1.56. The molecule has 3 atom stereocenters. The van der Waals surface area contributed by atoms with Crippen molar-refractivity contribution in [2.75, 3.05) is 13.1 Å². The van der Waals surface area contributed by atoms with Crippen molar-refractivity contribution >= 4 is 5.91 Å². The van der Waals surface area contributed by atoms with Crippen LogP contribution in [0.15, 0.2) is 4.52 Å². The van der Waals surface area contributed by atoms with Crippen molar-refractivity contribution in [2.45, 2.75) is 71.4 Å². The Hall–Kier alpha value is -1.43. The van der Waals surface area contributed by atoms with E-state index < -0.39 is 0 Å².